The number of rotatable bonds is 8. The molecule has 0 bridgehead atoms. The summed E-state index contributed by atoms with van der Waals surface area (Å²) in [6, 6.07) is 11.4. The molecule has 3 rings (SSSR count). The lowest BCUT2D eigenvalue weighted by molar-refractivity contribution is -0.121. The van der Waals surface area contributed by atoms with E-state index < -0.39 is 21.8 Å². The number of amides is 2. The second-order valence-electron chi connectivity index (χ2n) is 7.55. The predicted octanol–water partition coefficient (Wildman–Crippen LogP) is 1.77. The smallest absolute Gasteiger partial charge is 0.246 e. The normalized spacial score (nSPS) is 16.9. The summed E-state index contributed by atoms with van der Waals surface area (Å²) in [6.07, 6.45) is 1.26. The lowest BCUT2D eigenvalue weighted by Crippen LogP contribution is -2.43. The van der Waals surface area contributed by atoms with Crippen molar-refractivity contribution in [2.75, 3.05) is 32.6 Å². The number of carbonyl (C=O) groups excluding carboxylic acids is 2. The Kier molecular flexibility index (Phi) is 7.37. The Morgan fingerprint density at radius 1 is 1.12 bits per heavy atom. The summed E-state index contributed by atoms with van der Waals surface area (Å²) in [4.78, 5) is 23.8. The fourth-order valence-electron chi connectivity index (χ4n) is 3.65. The molecular formula is C22H27N3O6S. The number of primary amides is 1. The molecule has 2 amide bonds. The molecule has 1 atom stereocenters. The van der Waals surface area contributed by atoms with Crippen LogP contribution in [0.3, 0.4) is 0 Å². The first-order chi connectivity index (χ1) is 15.2. The largest absolute Gasteiger partial charge is 0.497 e. The highest BCUT2D eigenvalue weighted by molar-refractivity contribution is 7.89. The highest BCUT2D eigenvalue weighted by Gasteiger charge is 2.35. The lowest BCUT2D eigenvalue weighted by atomic mass is 9.98. The third-order valence-electron chi connectivity index (χ3n) is 5.34. The fourth-order valence-corrected chi connectivity index (χ4v) is 5.35. The number of benzene rings is 2. The summed E-state index contributed by atoms with van der Waals surface area (Å²) in [7, 11) is -1.03. The average molecular weight is 462 g/mol. The van der Waals surface area contributed by atoms with Crippen molar-refractivity contribution in [3.05, 3.63) is 48.0 Å². The molecule has 3 N–H and O–H groups in total. The third kappa shape index (κ3) is 5.38. The number of hydrogen-bond donors (Lipinski definition) is 2. The standard InChI is InChI=1S/C22H27N3O6S/c1-30-18-9-10-19(31-2)20(13-18)32(28,29)25-11-3-4-16(14-25)22(27)24-17-7-5-15(6-8-17)12-21(23)26/h5-10,13,16H,3-4,11-12,14H2,1-2H3,(H2,23,26)(H,24,27)/t16-/m1/s1. The van der Waals surface area contributed by atoms with Crippen LogP contribution >= 0.6 is 0 Å². The molecule has 0 spiro atoms. The molecule has 0 radical (unpaired) electrons. The summed E-state index contributed by atoms with van der Waals surface area (Å²) < 4.78 is 38.3. The van der Waals surface area contributed by atoms with Gasteiger partial charge >= 0.3 is 0 Å². The molecule has 0 unspecified atom stereocenters. The van der Waals surface area contributed by atoms with Crippen molar-refractivity contribution >= 4 is 27.5 Å². The Hall–Kier alpha value is -3.11. The molecule has 2 aromatic carbocycles. The minimum Gasteiger partial charge on any atom is -0.497 e. The van der Waals surface area contributed by atoms with Crippen LogP contribution in [0.1, 0.15) is 18.4 Å². The summed E-state index contributed by atoms with van der Waals surface area (Å²) in [5.74, 6) is -0.576. The second kappa shape index (κ2) is 10.0. The number of nitrogens with zero attached hydrogens (tertiary/aromatic N) is 1. The molecule has 0 aliphatic carbocycles. The first-order valence-corrected chi connectivity index (χ1v) is 11.6. The average Bonchev–Trinajstić information content (AvgIpc) is 2.79. The van der Waals surface area contributed by atoms with Crippen molar-refractivity contribution in [1.29, 1.82) is 0 Å². The maximum Gasteiger partial charge on any atom is 0.246 e. The quantitative estimate of drug-likeness (QED) is 0.617. The minimum absolute atomic E-state index is 0.00504. The second-order valence-corrected chi connectivity index (χ2v) is 9.45. The van der Waals surface area contributed by atoms with Gasteiger partial charge in [-0.1, -0.05) is 12.1 Å². The number of hydrogen-bond acceptors (Lipinski definition) is 6. The Bertz CT molecular complexity index is 1090. The first-order valence-electron chi connectivity index (χ1n) is 10.1. The van der Waals surface area contributed by atoms with Gasteiger partial charge in [-0.25, -0.2) is 8.42 Å². The molecule has 1 aliphatic heterocycles. The van der Waals surface area contributed by atoms with Gasteiger partial charge in [0.25, 0.3) is 0 Å². The van der Waals surface area contributed by atoms with Crippen molar-refractivity contribution < 1.29 is 27.5 Å². The van der Waals surface area contributed by atoms with Gasteiger partial charge in [0, 0.05) is 24.8 Å². The molecule has 1 saturated heterocycles. The lowest BCUT2D eigenvalue weighted by Gasteiger charge is -2.31. The Labute approximate surface area is 187 Å². The zero-order valence-corrected chi connectivity index (χ0v) is 18.9. The Morgan fingerprint density at radius 3 is 2.47 bits per heavy atom. The van der Waals surface area contributed by atoms with Crippen LogP contribution in [0.5, 0.6) is 11.5 Å². The summed E-state index contributed by atoms with van der Waals surface area (Å²) in [5.41, 5.74) is 6.50. The van der Waals surface area contributed by atoms with Gasteiger partial charge in [-0.2, -0.15) is 4.31 Å². The van der Waals surface area contributed by atoms with Gasteiger partial charge in [0.2, 0.25) is 21.8 Å². The predicted molar refractivity (Wildman–Crippen MR) is 119 cm³/mol. The maximum atomic E-state index is 13.3. The van der Waals surface area contributed by atoms with Crippen LogP contribution in [0.15, 0.2) is 47.4 Å². The van der Waals surface area contributed by atoms with E-state index in [9.17, 15) is 18.0 Å². The first kappa shape index (κ1) is 23.6. The van der Waals surface area contributed by atoms with Gasteiger partial charge in [0.05, 0.1) is 26.6 Å². The number of methoxy groups -OCH3 is 2. The topological polar surface area (TPSA) is 128 Å². The SMILES string of the molecule is COc1ccc(OC)c(S(=O)(=O)N2CCC[C@@H](C(=O)Nc3ccc(CC(N)=O)cc3)C2)c1. The zero-order chi connectivity index (χ0) is 23.3. The van der Waals surface area contributed by atoms with Gasteiger partial charge in [0.1, 0.15) is 16.4 Å². The molecule has 9 nitrogen and oxygen atoms in total. The Morgan fingerprint density at radius 2 is 1.84 bits per heavy atom. The summed E-state index contributed by atoms with van der Waals surface area (Å²) in [5, 5.41) is 2.82. The van der Waals surface area contributed by atoms with Gasteiger partial charge in [-0.3, -0.25) is 9.59 Å². The van der Waals surface area contributed by atoms with E-state index in [1.54, 1.807) is 36.4 Å². The number of ether oxygens (including phenoxy) is 2. The molecule has 1 heterocycles. The van der Waals surface area contributed by atoms with Gasteiger partial charge < -0.3 is 20.5 Å². The van der Waals surface area contributed by atoms with Crippen molar-refractivity contribution in [2.24, 2.45) is 11.7 Å². The number of anilines is 1. The zero-order valence-electron chi connectivity index (χ0n) is 18.0. The van der Waals surface area contributed by atoms with Crippen LogP contribution < -0.4 is 20.5 Å². The number of nitrogens with two attached hydrogens (primary N) is 1. The molecule has 10 heteroatoms. The van der Waals surface area contributed by atoms with Crippen molar-refractivity contribution in [3.8, 4) is 11.5 Å². The van der Waals surface area contributed by atoms with Crippen molar-refractivity contribution in [1.82, 2.24) is 4.31 Å². The van der Waals surface area contributed by atoms with E-state index in [0.717, 1.165) is 5.56 Å². The van der Waals surface area contributed by atoms with Gasteiger partial charge in [-0.05, 0) is 42.7 Å². The molecule has 2 aromatic rings. The van der Waals surface area contributed by atoms with E-state index in [0.29, 0.717) is 30.8 Å². The van der Waals surface area contributed by atoms with E-state index in [1.165, 1.54) is 24.6 Å². The van der Waals surface area contributed by atoms with E-state index in [2.05, 4.69) is 5.32 Å². The van der Waals surface area contributed by atoms with Gasteiger partial charge in [-0.15, -0.1) is 0 Å². The summed E-state index contributed by atoms with van der Waals surface area (Å²) >= 11 is 0. The minimum atomic E-state index is -3.89. The number of piperidine rings is 1. The molecule has 1 fully saturated rings. The Balaban J connectivity index is 1.73. The van der Waals surface area contributed by atoms with Crippen LogP contribution in [-0.4, -0.2) is 51.8 Å². The molecule has 0 saturated carbocycles. The molecule has 32 heavy (non-hydrogen) atoms. The van der Waals surface area contributed by atoms with E-state index in [1.807, 2.05) is 0 Å². The van der Waals surface area contributed by atoms with Crippen LogP contribution in [0, 0.1) is 5.92 Å². The van der Waals surface area contributed by atoms with E-state index in [-0.39, 0.29) is 29.5 Å². The van der Waals surface area contributed by atoms with Crippen LogP contribution in [-0.2, 0) is 26.0 Å². The summed E-state index contributed by atoms with van der Waals surface area (Å²) in [6.45, 7) is 0.378. The van der Waals surface area contributed by atoms with Gasteiger partial charge in [0.15, 0.2) is 0 Å². The van der Waals surface area contributed by atoms with Crippen LogP contribution in [0.2, 0.25) is 0 Å². The number of nitrogens with one attached hydrogen (secondary N) is 1. The fraction of sp³-hybridized carbons (Fsp3) is 0.364. The molecule has 0 aromatic heterocycles. The van der Waals surface area contributed by atoms with Crippen LogP contribution in [0.25, 0.3) is 0 Å². The van der Waals surface area contributed by atoms with Crippen LogP contribution in [0.4, 0.5) is 5.69 Å². The highest BCUT2D eigenvalue weighted by atomic mass is 32.2. The number of carbonyl (C=O) groups is 2. The van der Waals surface area contributed by atoms with E-state index in [4.69, 9.17) is 15.2 Å². The van der Waals surface area contributed by atoms with Crippen molar-refractivity contribution in [3.63, 3.8) is 0 Å². The monoisotopic (exact) mass is 461 g/mol. The third-order valence-corrected chi connectivity index (χ3v) is 7.23. The van der Waals surface area contributed by atoms with E-state index >= 15 is 0 Å². The molecule has 172 valence electrons. The molecular weight excluding hydrogens is 434 g/mol. The maximum absolute atomic E-state index is 13.3. The highest BCUT2D eigenvalue weighted by Crippen LogP contribution is 2.33. The molecule has 1 aliphatic rings. The van der Waals surface area contributed by atoms with Crippen molar-refractivity contribution in [2.45, 2.75) is 24.2 Å². The number of sulfonamides is 1.